The van der Waals surface area contributed by atoms with E-state index in [0.29, 0.717) is 10.7 Å². The monoisotopic (exact) mass is 547 g/mol. The number of rotatable bonds is 7. The fraction of sp³-hybridized carbons (Fsp3) is 0.400. The summed E-state index contributed by atoms with van der Waals surface area (Å²) in [5, 5.41) is 16.8. The van der Waals surface area contributed by atoms with Crippen LogP contribution in [0.2, 0.25) is 0 Å². The third kappa shape index (κ3) is 6.53. The van der Waals surface area contributed by atoms with Crippen LogP contribution < -0.4 is 5.32 Å². The highest BCUT2D eigenvalue weighted by molar-refractivity contribution is 7.99. The molecule has 0 aliphatic heterocycles. The van der Waals surface area contributed by atoms with Gasteiger partial charge < -0.3 is 5.32 Å². The van der Waals surface area contributed by atoms with E-state index >= 15 is 0 Å². The van der Waals surface area contributed by atoms with E-state index in [-0.39, 0.29) is 28.5 Å². The number of thioether (sulfide) groups is 1. The number of benzene rings is 2. The molecule has 1 unspecified atom stereocenters. The molecule has 0 fully saturated rings. The minimum Gasteiger partial charge on any atom is -0.344 e. The number of aryl methyl sites for hydroxylation is 2. The smallest absolute Gasteiger partial charge is 0.261 e. The second-order valence-corrected chi connectivity index (χ2v) is 14.1. The molecule has 4 aromatic rings. The Morgan fingerprint density at radius 1 is 1.00 bits per heavy atom. The van der Waals surface area contributed by atoms with Crippen molar-refractivity contribution in [2.24, 2.45) is 5.41 Å². The van der Waals surface area contributed by atoms with Gasteiger partial charge in [-0.15, -0.1) is 33.3 Å². The van der Waals surface area contributed by atoms with Gasteiger partial charge in [-0.25, -0.2) is 0 Å². The number of tetrazole rings is 1. The maximum Gasteiger partial charge on any atom is 0.261 e. The molecule has 0 aliphatic carbocycles. The van der Waals surface area contributed by atoms with Gasteiger partial charge in [-0.05, 0) is 76.8 Å². The summed E-state index contributed by atoms with van der Waals surface area (Å²) in [6, 6.07) is 17.6. The molecule has 38 heavy (non-hydrogen) atoms. The third-order valence-corrected chi connectivity index (χ3v) is 9.49. The number of aromatic nitrogens is 4. The molecule has 8 heteroatoms. The highest BCUT2D eigenvalue weighted by atomic mass is 32.2. The minimum atomic E-state index is -0.128. The Bertz CT molecular complexity index is 1370. The van der Waals surface area contributed by atoms with E-state index in [1.807, 2.05) is 17.8 Å². The van der Waals surface area contributed by atoms with Crippen molar-refractivity contribution < 1.29 is 4.79 Å². The van der Waals surface area contributed by atoms with Gasteiger partial charge in [-0.2, -0.15) is 5.21 Å². The third-order valence-electron chi connectivity index (χ3n) is 6.49. The molecule has 2 aromatic heterocycles. The predicted molar refractivity (Wildman–Crippen MR) is 158 cm³/mol. The Labute approximate surface area is 234 Å². The van der Waals surface area contributed by atoms with Crippen LogP contribution in [0.5, 0.6) is 0 Å². The SMILES string of the molecule is Cc1cc(SC(c2ccc(C(=O)NCc3nn[nH]n3)s2)C(C)(C)C)cc(C)c1-c1ccc(C(C)(C)C)cc1. The van der Waals surface area contributed by atoms with E-state index in [2.05, 4.69) is 124 Å². The molecule has 2 N–H and O–H groups in total. The van der Waals surface area contributed by atoms with E-state index in [0.717, 1.165) is 0 Å². The minimum absolute atomic E-state index is 0.00281. The molecule has 0 saturated heterocycles. The van der Waals surface area contributed by atoms with Gasteiger partial charge >= 0.3 is 0 Å². The van der Waals surface area contributed by atoms with Crippen molar-refractivity contribution in [3.63, 3.8) is 0 Å². The van der Waals surface area contributed by atoms with Gasteiger partial charge in [0, 0.05) is 15.0 Å². The average Bonchev–Trinajstić information content (AvgIpc) is 3.52. The molecule has 6 nitrogen and oxygen atoms in total. The predicted octanol–water partition coefficient (Wildman–Crippen LogP) is 7.65. The Hall–Kier alpha value is -2.97. The van der Waals surface area contributed by atoms with Crippen molar-refractivity contribution in [3.8, 4) is 11.1 Å². The largest absolute Gasteiger partial charge is 0.344 e. The summed E-state index contributed by atoms with van der Waals surface area (Å²) in [5.74, 6) is 0.329. The first-order chi connectivity index (χ1) is 17.8. The lowest BCUT2D eigenvalue weighted by Gasteiger charge is -2.30. The zero-order chi connectivity index (χ0) is 27.7. The van der Waals surface area contributed by atoms with E-state index in [1.54, 1.807) is 11.3 Å². The maximum atomic E-state index is 12.7. The first kappa shape index (κ1) is 28.0. The number of carbonyl (C=O) groups excluding carboxylic acids is 1. The van der Waals surface area contributed by atoms with Gasteiger partial charge in [0.15, 0.2) is 5.82 Å². The molecule has 2 aromatic carbocycles. The van der Waals surface area contributed by atoms with Crippen LogP contribution in [0.3, 0.4) is 0 Å². The number of aromatic amines is 1. The molecule has 4 rings (SSSR count). The van der Waals surface area contributed by atoms with Gasteiger partial charge in [0.1, 0.15) is 0 Å². The number of H-pyrrole nitrogens is 1. The zero-order valence-corrected chi connectivity index (χ0v) is 25.1. The average molecular weight is 548 g/mol. The quantitative estimate of drug-likeness (QED) is 0.232. The molecule has 0 aliphatic rings. The summed E-state index contributed by atoms with van der Waals surface area (Å²) in [4.78, 5) is 15.8. The summed E-state index contributed by atoms with van der Waals surface area (Å²) >= 11 is 3.42. The number of carbonyl (C=O) groups is 1. The van der Waals surface area contributed by atoms with Crippen LogP contribution in [0.4, 0.5) is 0 Å². The van der Waals surface area contributed by atoms with E-state index in [1.165, 1.54) is 37.6 Å². The Morgan fingerprint density at radius 3 is 2.21 bits per heavy atom. The molecule has 0 spiro atoms. The lowest BCUT2D eigenvalue weighted by Crippen LogP contribution is -2.22. The molecule has 0 radical (unpaired) electrons. The second kappa shape index (κ2) is 11.0. The van der Waals surface area contributed by atoms with Gasteiger partial charge in [0.25, 0.3) is 5.91 Å². The first-order valence-electron chi connectivity index (χ1n) is 12.8. The Balaban J connectivity index is 1.55. The van der Waals surface area contributed by atoms with Crippen molar-refractivity contribution in [2.75, 3.05) is 0 Å². The highest BCUT2D eigenvalue weighted by Crippen LogP contribution is 2.50. The molecular formula is C30H37N5OS2. The van der Waals surface area contributed by atoms with Crippen molar-refractivity contribution >= 4 is 29.0 Å². The van der Waals surface area contributed by atoms with Crippen LogP contribution in [-0.4, -0.2) is 26.5 Å². The lowest BCUT2D eigenvalue weighted by molar-refractivity contribution is 0.0954. The normalized spacial score (nSPS) is 12.9. The summed E-state index contributed by atoms with van der Waals surface area (Å²) in [7, 11) is 0. The number of amides is 1. The topological polar surface area (TPSA) is 83.6 Å². The van der Waals surface area contributed by atoms with E-state index in [4.69, 9.17) is 0 Å². The number of hydrogen-bond donors (Lipinski definition) is 2. The van der Waals surface area contributed by atoms with Gasteiger partial charge in [0.05, 0.1) is 11.4 Å². The standard InChI is InChI=1S/C30H37N5OS2/c1-18-15-22(16-19(2)26(18)20-9-11-21(12-10-20)29(3,4)5)37-27(30(6,7)8)23-13-14-24(38-23)28(36)31-17-25-32-34-35-33-25/h9-16,27H,17H2,1-8H3,(H,31,36)(H,32,33,34,35). The molecular weight excluding hydrogens is 510 g/mol. The zero-order valence-electron chi connectivity index (χ0n) is 23.5. The van der Waals surface area contributed by atoms with Crippen molar-refractivity contribution in [1.82, 2.24) is 25.9 Å². The molecule has 2 heterocycles. The van der Waals surface area contributed by atoms with Crippen LogP contribution in [0, 0.1) is 19.3 Å². The lowest BCUT2D eigenvalue weighted by atomic mass is 9.85. The van der Waals surface area contributed by atoms with E-state index in [9.17, 15) is 4.79 Å². The van der Waals surface area contributed by atoms with Crippen LogP contribution in [0.25, 0.3) is 11.1 Å². The number of nitrogens with one attached hydrogen (secondary N) is 2. The Kier molecular flexibility index (Phi) is 8.14. The van der Waals surface area contributed by atoms with Crippen molar-refractivity contribution in [3.05, 3.63) is 80.8 Å². The van der Waals surface area contributed by atoms with Crippen LogP contribution in [-0.2, 0) is 12.0 Å². The van der Waals surface area contributed by atoms with Crippen molar-refractivity contribution in [1.29, 1.82) is 0 Å². The molecule has 200 valence electrons. The summed E-state index contributed by atoms with van der Waals surface area (Å²) in [6.07, 6.45) is 0. The van der Waals surface area contributed by atoms with Crippen LogP contribution in [0.15, 0.2) is 53.4 Å². The van der Waals surface area contributed by atoms with E-state index < -0.39 is 0 Å². The Morgan fingerprint density at radius 2 is 1.66 bits per heavy atom. The fourth-order valence-electron chi connectivity index (χ4n) is 4.50. The fourth-order valence-corrected chi connectivity index (χ4v) is 7.25. The van der Waals surface area contributed by atoms with Crippen LogP contribution in [0.1, 0.15) is 83.9 Å². The van der Waals surface area contributed by atoms with Gasteiger partial charge in [0.2, 0.25) is 0 Å². The summed E-state index contributed by atoms with van der Waals surface area (Å²) < 4.78 is 0. The molecule has 1 atom stereocenters. The van der Waals surface area contributed by atoms with Crippen LogP contribution >= 0.6 is 23.1 Å². The first-order valence-corrected chi connectivity index (χ1v) is 14.5. The number of nitrogens with zero attached hydrogens (tertiary/aromatic N) is 3. The highest BCUT2D eigenvalue weighted by Gasteiger charge is 2.30. The second-order valence-electron chi connectivity index (χ2n) is 11.8. The number of hydrogen-bond acceptors (Lipinski definition) is 6. The molecule has 1 amide bonds. The molecule has 0 bridgehead atoms. The summed E-state index contributed by atoms with van der Waals surface area (Å²) in [5.41, 5.74) is 6.59. The van der Waals surface area contributed by atoms with Gasteiger partial charge in [-0.1, -0.05) is 71.0 Å². The summed E-state index contributed by atoms with van der Waals surface area (Å²) in [6.45, 7) is 18.1. The molecule has 0 saturated carbocycles. The number of thiophene rings is 1. The van der Waals surface area contributed by atoms with Gasteiger partial charge in [-0.3, -0.25) is 4.79 Å². The maximum absolute atomic E-state index is 12.7. The van der Waals surface area contributed by atoms with Crippen molar-refractivity contribution in [2.45, 2.75) is 77.5 Å².